The second-order valence-electron chi connectivity index (χ2n) is 1.70. The third kappa shape index (κ3) is 5.96. The fourth-order valence-corrected chi connectivity index (χ4v) is 0.688. The van der Waals surface area contributed by atoms with Crippen molar-refractivity contribution in [1.29, 1.82) is 0 Å². The van der Waals surface area contributed by atoms with Crippen LogP contribution in [0.15, 0.2) is 0 Å². The van der Waals surface area contributed by atoms with Crippen LogP contribution in [-0.2, 0) is 4.79 Å². The minimum atomic E-state index is 0.691. The minimum absolute atomic E-state index is 0.691. The van der Waals surface area contributed by atoms with Crippen LogP contribution in [0.3, 0.4) is 0 Å². The summed E-state index contributed by atoms with van der Waals surface area (Å²) in [6.07, 6.45) is 4.76. The van der Waals surface area contributed by atoms with Crippen molar-refractivity contribution >= 4 is 17.9 Å². The third-order valence-corrected chi connectivity index (χ3v) is 1.22. The van der Waals surface area contributed by atoms with E-state index >= 15 is 0 Å². The maximum atomic E-state index is 9.74. The van der Waals surface area contributed by atoms with E-state index in [4.69, 9.17) is 11.6 Å². The number of alkyl halides is 1. The van der Waals surface area contributed by atoms with Crippen molar-refractivity contribution in [3.05, 3.63) is 0 Å². The van der Waals surface area contributed by atoms with Gasteiger partial charge in [0, 0.05) is 12.3 Å². The molecule has 8 heavy (non-hydrogen) atoms. The highest BCUT2D eigenvalue weighted by molar-refractivity contribution is 6.17. The van der Waals surface area contributed by atoms with Gasteiger partial charge in [-0.3, -0.25) is 0 Å². The van der Waals surface area contributed by atoms with Crippen molar-refractivity contribution in [1.82, 2.24) is 0 Å². The number of hydrogen-bond acceptors (Lipinski definition) is 1. The topological polar surface area (TPSA) is 17.1 Å². The molecule has 0 aromatic heterocycles. The highest BCUT2D eigenvalue weighted by Crippen LogP contribution is 1.98. The van der Waals surface area contributed by atoms with Crippen LogP contribution < -0.4 is 0 Å². The van der Waals surface area contributed by atoms with Gasteiger partial charge in [0.15, 0.2) is 0 Å². The van der Waals surface area contributed by atoms with Crippen LogP contribution in [0.5, 0.6) is 0 Å². The molecule has 0 amide bonds. The van der Waals surface area contributed by atoms with Gasteiger partial charge in [-0.1, -0.05) is 6.42 Å². The van der Waals surface area contributed by atoms with Crippen LogP contribution in [0, 0.1) is 0 Å². The summed E-state index contributed by atoms with van der Waals surface area (Å²) >= 11 is 5.39. The summed E-state index contributed by atoms with van der Waals surface area (Å²) in [5.41, 5.74) is 0. The molecule has 0 bridgehead atoms. The molecule has 0 unspecified atom stereocenters. The van der Waals surface area contributed by atoms with Crippen molar-refractivity contribution in [3.8, 4) is 0 Å². The average molecular weight is 135 g/mol. The Bertz CT molecular complexity index is 54.5. The Balaban J connectivity index is 2.62. The molecule has 0 aliphatic heterocycles. The number of aldehydes is 1. The van der Waals surface area contributed by atoms with E-state index in [1.807, 2.05) is 0 Å². The maximum absolute atomic E-state index is 9.74. The Kier molecular flexibility index (Phi) is 6.93. The summed E-state index contributed by atoms with van der Waals surface area (Å²) < 4.78 is 0. The Hall–Kier alpha value is -0.0400. The summed E-state index contributed by atoms with van der Waals surface area (Å²) in [5, 5.41) is 0. The molecule has 2 heteroatoms. The number of carbonyl (C=O) groups excluding carboxylic acids is 1. The van der Waals surface area contributed by atoms with E-state index in [0.29, 0.717) is 6.42 Å². The molecular formula is C6H11ClO. The number of hydrogen-bond donors (Lipinski definition) is 0. The Morgan fingerprint density at radius 1 is 1.25 bits per heavy atom. The number of halogens is 1. The molecule has 0 spiro atoms. The highest BCUT2D eigenvalue weighted by atomic mass is 35.5. The lowest BCUT2D eigenvalue weighted by Crippen LogP contribution is -1.78. The van der Waals surface area contributed by atoms with E-state index in [0.717, 1.165) is 31.4 Å². The van der Waals surface area contributed by atoms with Gasteiger partial charge in [-0.05, 0) is 12.8 Å². The lowest BCUT2D eigenvalue weighted by molar-refractivity contribution is -0.107. The quantitative estimate of drug-likeness (QED) is 0.319. The number of unbranched alkanes of at least 4 members (excludes halogenated alkanes) is 3. The third-order valence-electron chi connectivity index (χ3n) is 0.956. The standard InChI is InChI=1S/C6H11ClO/c7-5-3-1-2-4-6-8/h6H,1-5H2. The van der Waals surface area contributed by atoms with E-state index in [9.17, 15) is 4.79 Å². The predicted molar refractivity (Wildman–Crippen MR) is 35.3 cm³/mol. The van der Waals surface area contributed by atoms with Gasteiger partial charge in [-0.15, -0.1) is 11.6 Å². The molecule has 48 valence electrons. The van der Waals surface area contributed by atoms with Gasteiger partial charge < -0.3 is 4.79 Å². The monoisotopic (exact) mass is 134 g/mol. The van der Waals surface area contributed by atoms with E-state index in [1.54, 1.807) is 0 Å². The molecule has 0 saturated carbocycles. The Morgan fingerprint density at radius 2 is 2.00 bits per heavy atom. The van der Waals surface area contributed by atoms with E-state index in [-0.39, 0.29) is 0 Å². The molecular weight excluding hydrogens is 124 g/mol. The van der Waals surface area contributed by atoms with Crippen LogP contribution >= 0.6 is 11.6 Å². The molecule has 0 atom stereocenters. The molecule has 0 aliphatic carbocycles. The SMILES string of the molecule is O=CCCCCCCl. The average Bonchev–Trinajstić information content (AvgIpc) is 1.81. The minimum Gasteiger partial charge on any atom is -0.303 e. The first-order valence-electron chi connectivity index (χ1n) is 2.91. The van der Waals surface area contributed by atoms with Crippen molar-refractivity contribution in [2.24, 2.45) is 0 Å². The Labute approximate surface area is 55.0 Å². The number of rotatable bonds is 5. The molecule has 0 aliphatic rings. The summed E-state index contributed by atoms with van der Waals surface area (Å²) in [4.78, 5) is 9.74. The lowest BCUT2D eigenvalue weighted by Gasteiger charge is -1.89. The molecule has 0 aromatic rings. The zero-order valence-corrected chi connectivity index (χ0v) is 5.66. The van der Waals surface area contributed by atoms with Crippen LogP contribution in [0.25, 0.3) is 0 Å². The smallest absolute Gasteiger partial charge is 0.119 e. The van der Waals surface area contributed by atoms with Gasteiger partial charge in [0.2, 0.25) is 0 Å². The maximum Gasteiger partial charge on any atom is 0.119 e. The van der Waals surface area contributed by atoms with Gasteiger partial charge in [0.1, 0.15) is 6.29 Å². The first-order valence-corrected chi connectivity index (χ1v) is 3.45. The number of carbonyl (C=O) groups is 1. The lowest BCUT2D eigenvalue weighted by atomic mass is 10.2. The van der Waals surface area contributed by atoms with Crippen LogP contribution in [-0.4, -0.2) is 12.2 Å². The molecule has 0 heterocycles. The molecule has 0 aromatic carbocycles. The largest absolute Gasteiger partial charge is 0.303 e. The summed E-state index contributed by atoms with van der Waals surface area (Å²) in [5.74, 6) is 0.721. The molecule has 0 fully saturated rings. The van der Waals surface area contributed by atoms with Gasteiger partial charge >= 0.3 is 0 Å². The molecule has 0 saturated heterocycles. The van der Waals surface area contributed by atoms with E-state index in [2.05, 4.69) is 0 Å². The molecule has 0 rings (SSSR count). The normalized spacial score (nSPS) is 9.12. The second-order valence-corrected chi connectivity index (χ2v) is 2.08. The van der Waals surface area contributed by atoms with Crippen LogP contribution in [0.1, 0.15) is 25.7 Å². The van der Waals surface area contributed by atoms with Gasteiger partial charge in [-0.2, -0.15) is 0 Å². The zero-order chi connectivity index (χ0) is 6.24. The zero-order valence-electron chi connectivity index (χ0n) is 4.90. The van der Waals surface area contributed by atoms with Crippen molar-refractivity contribution < 1.29 is 4.79 Å². The van der Waals surface area contributed by atoms with E-state index in [1.165, 1.54) is 0 Å². The molecule has 1 nitrogen and oxygen atoms in total. The summed E-state index contributed by atoms with van der Waals surface area (Å²) in [7, 11) is 0. The first-order chi connectivity index (χ1) is 3.91. The fourth-order valence-electron chi connectivity index (χ4n) is 0.499. The van der Waals surface area contributed by atoms with Crippen LogP contribution in [0.2, 0.25) is 0 Å². The summed E-state index contributed by atoms with van der Waals surface area (Å²) in [6, 6.07) is 0. The van der Waals surface area contributed by atoms with Gasteiger partial charge in [0.05, 0.1) is 0 Å². The second kappa shape index (κ2) is 6.96. The Morgan fingerprint density at radius 3 is 2.50 bits per heavy atom. The van der Waals surface area contributed by atoms with Crippen molar-refractivity contribution in [3.63, 3.8) is 0 Å². The van der Waals surface area contributed by atoms with Crippen molar-refractivity contribution in [2.75, 3.05) is 5.88 Å². The predicted octanol–water partition coefficient (Wildman–Crippen LogP) is 1.98. The molecule has 0 radical (unpaired) electrons. The van der Waals surface area contributed by atoms with Crippen LogP contribution in [0.4, 0.5) is 0 Å². The fraction of sp³-hybridized carbons (Fsp3) is 0.833. The van der Waals surface area contributed by atoms with Gasteiger partial charge in [-0.25, -0.2) is 0 Å². The van der Waals surface area contributed by atoms with Gasteiger partial charge in [0.25, 0.3) is 0 Å². The summed E-state index contributed by atoms with van der Waals surface area (Å²) in [6.45, 7) is 0. The highest BCUT2D eigenvalue weighted by Gasteiger charge is 1.84. The van der Waals surface area contributed by atoms with E-state index < -0.39 is 0 Å². The first kappa shape index (κ1) is 7.96. The molecule has 0 N–H and O–H groups in total. The van der Waals surface area contributed by atoms with Crippen molar-refractivity contribution in [2.45, 2.75) is 25.7 Å².